The quantitative estimate of drug-likeness (QED) is 0.250. The Morgan fingerprint density at radius 3 is 2.31 bits per heavy atom. The number of likely N-dealkylation sites (tertiary alicyclic amines) is 1. The summed E-state index contributed by atoms with van der Waals surface area (Å²) in [6.45, 7) is 4.60. The summed E-state index contributed by atoms with van der Waals surface area (Å²) in [5, 5.41) is 8.79. The third kappa shape index (κ3) is 3.53. The van der Waals surface area contributed by atoms with Crippen molar-refractivity contribution in [2.45, 2.75) is 51.0 Å². The number of nitrogens with zero attached hydrogens (tertiary/aromatic N) is 2. The predicted octanol–water partition coefficient (Wildman–Crippen LogP) is 1.68. The van der Waals surface area contributed by atoms with E-state index in [9.17, 15) is 9.59 Å². The fourth-order valence-electron chi connectivity index (χ4n) is 4.69. The topological polar surface area (TPSA) is 85.8 Å². The number of carbonyl (C=O) groups is 2. The molecule has 0 aromatic rings. The molecular weight excluding hydrogens is 445 g/mol. The Morgan fingerprint density at radius 2 is 1.85 bits per heavy atom. The van der Waals surface area contributed by atoms with Gasteiger partial charge < -0.3 is 15.5 Å². The molecule has 4 rings (SSSR count). The normalized spacial score (nSPS) is 31.2. The van der Waals surface area contributed by atoms with Gasteiger partial charge in [-0.1, -0.05) is 0 Å². The summed E-state index contributed by atoms with van der Waals surface area (Å²) < 4.78 is 0. The highest BCUT2D eigenvalue weighted by Gasteiger charge is 2.53. The first-order valence-corrected chi connectivity index (χ1v) is 9.56. The Balaban J connectivity index is 0.00000196. The maximum atomic E-state index is 12.1. The number of nitrogens with one attached hydrogen (secondary N) is 3. The molecule has 4 fully saturated rings. The molecule has 1 unspecified atom stereocenters. The van der Waals surface area contributed by atoms with Crippen LogP contribution >= 0.6 is 24.0 Å². The molecular formula is C18H30IN5O2. The van der Waals surface area contributed by atoms with Gasteiger partial charge in [0.1, 0.15) is 5.54 Å². The number of hydrogen-bond acceptors (Lipinski definition) is 3. The molecule has 7 nitrogen and oxygen atoms in total. The summed E-state index contributed by atoms with van der Waals surface area (Å²) in [5.41, 5.74) is -0.224. The van der Waals surface area contributed by atoms with Crippen molar-refractivity contribution in [2.24, 2.45) is 22.2 Å². The van der Waals surface area contributed by atoms with Crippen molar-refractivity contribution < 1.29 is 9.59 Å². The number of aliphatic imine (C=N–C) groups is 1. The first-order valence-electron chi connectivity index (χ1n) is 9.56. The first kappa shape index (κ1) is 19.7. The zero-order valence-corrected chi connectivity index (χ0v) is 18.0. The standard InChI is InChI=1S/C18H29N5O2.HI/c1-17(14(24)21-16(25)22-17)12-5-9-23(10-6-12)15(19-2)20-11-18(7-8-18)13-3-4-13;/h12-13H,3-11H2,1-2H3,(H,19,20)(H2,21,22,24,25);1H. The molecule has 2 aliphatic heterocycles. The number of rotatable bonds is 4. The summed E-state index contributed by atoms with van der Waals surface area (Å²) >= 11 is 0. The van der Waals surface area contributed by atoms with E-state index < -0.39 is 5.54 Å². The molecule has 0 aromatic heterocycles. The molecule has 146 valence electrons. The van der Waals surface area contributed by atoms with Crippen LogP contribution in [0.5, 0.6) is 0 Å². The maximum absolute atomic E-state index is 12.1. The molecule has 2 saturated carbocycles. The molecule has 0 spiro atoms. The van der Waals surface area contributed by atoms with Crippen LogP contribution in [0, 0.1) is 17.3 Å². The van der Waals surface area contributed by atoms with Crippen molar-refractivity contribution in [1.82, 2.24) is 20.9 Å². The van der Waals surface area contributed by atoms with Crippen molar-refractivity contribution in [3.8, 4) is 0 Å². The van der Waals surface area contributed by atoms with Gasteiger partial charge in [-0.3, -0.25) is 15.1 Å². The lowest BCUT2D eigenvalue weighted by atomic mass is 9.79. The predicted molar refractivity (Wildman–Crippen MR) is 111 cm³/mol. The molecule has 0 aromatic carbocycles. The van der Waals surface area contributed by atoms with Crippen molar-refractivity contribution >= 4 is 41.9 Å². The molecule has 26 heavy (non-hydrogen) atoms. The van der Waals surface area contributed by atoms with E-state index in [-0.39, 0.29) is 41.8 Å². The average Bonchev–Trinajstić information content (AvgIpc) is 3.48. The highest BCUT2D eigenvalue weighted by Crippen LogP contribution is 2.60. The fraction of sp³-hybridized carbons (Fsp3) is 0.833. The monoisotopic (exact) mass is 475 g/mol. The number of halogens is 1. The molecule has 8 heteroatoms. The molecule has 3 amide bonds. The lowest BCUT2D eigenvalue weighted by Gasteiger charge is -2.40. The molecule has 3 N–H and O–H groups in total. The lowest BCUT2D eigenvalue weighted by Crippen LogP contribution is -2.55. The van der Waals surface area contributed by atoms with Crippen molar-refractivity contribution in [2.75, 3.05) is 26.7 Å². The molecule has 0 bridgehead atoms. The zero-order chi connectivity index (χ0) is 17.7. The third-order valence-corrected chi connectivity index (χ3v) is 6.83. The summed E-state index contributed by atoms with van der Waals surface area (Å²) in [4.78, 5) is 30.4. The second-order valence-electron chi connectivity index (χ2n) is 8.41. The minimum Gasteiger partial charge on any atom is -0.356 e. The van der Waals surface area contributed by atoms with Gasteiger partial charge >= 0.3 is 6.03 Å². The lowest BCUT2D eigenvalue weighted by molar-refractivity contribution is -0.125. The van der Waals surface area contributed by atoms with E-state index in [1.54, 1.807) is 0 Å². The molecule has 4 aliphatic rings. The highest BCUT2D eigenvalue weighted by molar-refractivity contribution is 14.0. The van der Waals surface area contributed by atoms with Crippen LogP contribution in [0.15, 0.2) is 4.99 Å². The number of piperidine rings is 1. The number of imide groups is 1. The molecule has 2 aliphatic carbocycles. The summed E-state index contributed by atoms with van der Waals surface area (Å²) in [5.74, 6) is 1.89. The number of hydrogen-bond donors (Lipinski definition) is 3. The van der Waals surface area contributed by atoms with Crippen LogP contribution in [0.4, 0.5) is 4.79 Å². The van der Waals surface area contributed by atoms with Gasteiger partial charge in [-0.05, 0) is 62.7 Å². The second kappa shape index (κ2) is 7.16. The van der Waals surface area contributed by atoms with E-state index in [0.717, 1.165) is 44.4 Å². The smallest absolute Gasteiger partial charge is 0.322 e. The summed E-state index contributed by atoms with van der Waals surface area (Å²) in [6.07, 6.45) is 7.27. The Hall–Kier alpha value is -1.06. The minimum atomic E-state index is -0.774. The van der Waals surface area contributed by atoms with Crippen molar-refractivity contribution in [3.63, 3.8) is 0 Å². The van der Waals surface area contributed by atoms with Crippen LogP contribution in [0.1, 0.15) is 45.4 Å². The van der Waals surface area contributed by atoms with E-state index >= 15 is 0 Å². The van der Waals surface area contributed by atoms with E-state index in [4.69, 9.17) is 0 Å². The van der Waals surface area contributed by atoms with Gasteiger partial charge in [-0.2, -0.15) is 0 Å². The van der Waals surface area contributed by atoms with Gasteiger partial charge in [0.2, 0.25) is 0 Å². The minimum absolute atomic E-state index is 0. The van der Waals surface area contributed by atoms with Crippen LogP contribution in [-0.2, 0) is 4.79 Å². The van der Waals surface area contributed by atoms with Gasteiger partial charge in [0, 0.05) is 26.7 Å². The number of carbonyl (C=O) groups excluding carboxylic acids is 2. The van der Waals surface area contributed by atoms with Crippen LogP contribution in [0.3, 0.4) is 0 Å². The van der Waals surface area contributed by atoms with E-state index in [1.165, 1.54) is 25.7 Å². The zero-order valence-electron chi connectivity index (χ0n) is 15.6. The molecule has 2 saturated heterocycles. The molecule has 2 heterocycles. The van der Waals surface area contributed by atoms with Gasteiger partial charge in [0.15, 0.2) is 5.96 Å². The number of guanidine groups is 1. The number of amides is 3. The van der Waals surface area contributed by atoms with Crippen LogP contribution < -0.4 is 16.0 Å². The van der Waals surface area contributed by atoms with Crippen LogP contribution in [0.25, 0.3) is 0 Å². The molecule has 1 atom stereocenters. The third-order valence-electron chi connectivity index (χ3n) is 6.83. The summed E-state index contributed by atoms with van der Waals surface area (Å²) in [6, 6.07) is -0.373. The largest absolute Gasteiger partial charge is 0.356 e. The molecule has 0 radical (unpaired) electrons. The van der Waals surface area contributed by atoms with E-state index in [0.29, 0.717) is 5.41 Å². The Kier molecular flexibility index (Phi) is 5.43. The second-order valence-corrected chi connectivity index (χ2v) is 8.41. The van der Waals surface area contributed by atoms with Gasteiger partial charge in [0.05, 0.1) is 0 Å². The first-order chi connectivity index (χ1) is 12.0. The SMILES string of the molecule is CN=C(NCC1(C2CC2)CC1)N1CCC(C2(C)NC(=O)NC2=O)CC1.I. The van der Waals surface area contributed by atoms with Crippen molar-refractivity contribution in [3.05, 3.63) is 0 Å². The Morgan fingerprint density at radius 1 is 1.19 bits per heavy atom. The maximum Gasteiger partial charge on any atom is 0.322 e. The average molecular weight is 475 g/mol. The Labute approximate surface area is 172 Å². The van der Waals surface area contributed by atoms with Crippen LogP contribution in [-0.4, -0.2) is 55.0 Å². The Bertz CT molecular complexity index is 609. The van der Waals surface area contributed by atoms with E-state index in [2.05, 4.69) is 25.8 Å². The fourth-order valence-corrected chi connectivity index (χ4v) is 4.69. The van der Waals surface area contributed by atoms with Crippen LogP contribution in [0.2, 0.25) is 0 Å². The number of urea groups is 1. The highest BCUT2D eigenvalue weighted by atomic mass is 127. The van der Waals surface area contributed by atoms with Crippen molar-refractivity contribution in [1.29, 1.82) is 0 Å². The summed E-state index contributed by atoms with van der Waals surface area (Å²) in [7, 11) is 1.84. The van der Waals surface area contributed by atoms with Gasteiger partial charge in [-0.15, -0.1) is 24.0 Å². The van der Waals surface area contributed by atoms with Gasteiger partial charge in [-0.25, -0.2) is 4.79 Å². The van der Waals surface area contributed by atoms with Gasteiger partial charge in [0.25, 0.3) is 5.91 Å². The van der Waals surface area contributed by atoms with E-state index in [1.807, 2.05) is 14.0 Å².